The number of rotatable bonds is 9. The Morgan fingerprint density at radius 3 is 2.64 bits per heavy atom. The standard InChI is InChI=1S/C25H24F3N5O2S/c1-3-16(2)29-23(34)20-14-35-22(30-20)15-36-24-32-31-21(12-17-8-5-4-6-9-17)33(24)19-11-7-10-18(13-19)25(26,27)28/h4-11,13-14,16H,3,12,15H2,1-2H3,(H,29,34). The minimum absolute atomic E-state index is 0.000994. The molecule has 1 amide bonds. The number of carbonyl (C=O) groups excluding carboxylic acids is 1. The van der Waals surface area contributed by atoms with Gasteiger partial charge in [-0.3, -0.25) is 9.36 Å². The van der Waals surface area contributed by atoms with Gasteiger partial charge in [0, 0.05) is 12.5 Å². The Hall–Kier alpha value is -3.60. The zero-order chi connectivity index (χ0) is 25.7. The van der Waals surface area contributed by atoms with Gasteiger partial charge in [-0.05, 0) is 37.1 Å². The lowest BCUT2D eigenvalue weighted by atomic mass is 10.1. The number of oxazole rings is 1. The fourth-order valence-electron chi connectivity index (χ4n) is 3.37. The molecule has 0 saturated heterocycles. The van der Waals surface area contributed by atoms with E-state index in [2.05, 4.69) is 20.5 Å². The zero-order valence-electron chi connectivity index (χ0n) is 19.6. The quantitative estimate of drug-likeness (QED) is 0.289. The van der Waals surface area contributed by atoms with Crippen LogP contribution in [0.2, 0.25) is 0 Å². The summed E-state index contributed by atoms with van der Waals surface area (Å²) in [6.45, 7) is 3.85. The molecule has 7 nitrogen and oxygen atoms in total. The van der Waals surface area contributed by atoms with Crippen molar-refractivity contribution in [3.63, 3.8) is 0 Å². The van der Waals surface area contributed by atoms with Crippen LogP contribution in [-0.2, 0) is 18.3 Å². The van der Waals surface area contributed by atoms with Gasteiger partial charge in [0.2, 0.25) is 5.89 Å². The van der Waals surface area contributed by atoms with Gasteiger partial charge < -0.3 is 9.73 Å². The van der Waals surface area contributed by atoms with E-state index in [9.17, 15) is 18.0 Å². The molecule has 4 rings (SSSR count). The molecule has 0 radical (unpaired) electrons. The van der Waals surface area contributed by atoms with Crippen molar-refractivity contribution in [3.8, 4) is 5.69 Å². The second-order valence-electron chi connectivity index (χ2n) is 8.14. The van der Waals surface area contributed by atoms with Crippen LogP contribution >= 0.6 is 11.8 Å². The minimum atomic E-state index is -4.48. The molecule has 36 heavy (non-hydrogen) atoms. The van der Waals surface area contributed by atoms with Gasteiger partial charge in [0.15, 0.2) is 10.9 Å². The number of halogens is 3. The third-order valence-corrected chi connectivity index (χ3v) is 6.35. The Morgan fingerprint density at radius 2 is 1.92 bits per heavy atom. The summed E-state index contributed by atoms with van der Waals surface area (Å²) < 4.78 is 47.2. The Morgan fingerprint density at radius 1 is 1.14 bits per heavy atom. The molecule has 0 aliphatic carbocycles. The van der Waals surface area contributed by atoms with Crippen LogP contribution in [0.1, 0.15) is 53.6 Å². The maximum Gasteiger partial charge on any atom is 0.416 e. The summed E-state index contributed by atoms with van der Waals surface area (Å²) in [6, 6.07) is 14.5. The maximum atomic E-state index is 13.4. The molecule has 0 saturated carbocycles. The summed E-state index contributed by atoms with van der Waals surface area (Å²) in [5, 5.41) is 11.7. The Bertz CT molecular complexity index is 1320. The largest absolute Gasteiger partial charge is 0.447 e. The van der Waals surface area contributed by atoms with Crippen LogP contribution in [0.4, 0.5) is 13.2 Å². The molecule has 1 N–H and O–H groups in total. The number of nitrogens with zero attached hydrogens (tertiary/aromatic N) is 4. The Kier molecular flexibility index (Phi) is 7.78. The van der Waals surface area contributed by atoms with Gasteiger partial charge in [-0.1, -0.05) is 55.1 Å². The predicted octanol–water partition coefficient (Wildman–Crippen LogP) is 5.69. The monoisotopic (exact) mass is 515 g/mol. The fraction of sp³-hybridized carbons (Fsp3) is 0.280. The highest BCUT2D eigenvalue weighted by Crippen LogP contribution is 2.32. The minimum Gasteiger partial charge on any atom is -0.447 e. The van der Waals surface area contributed by atoms with Crippen LogP contribution in [-0.4, -0.2) is 31.7 Å². The third kappa shape index (κ3) is 6.14. The van der Waals surface area contributed by atoms with Gasteiger partial charge in [0.25, 0.3) is 5.91 Å². The van der Waals surface area contributed by atoms with E-state index in [4.69, 9.17) is 4.42 Å². The average molecular weight is 516 g/mol. The number of benzene rings is 2. The highest BCUT2D eigenvalue weighted by Gasteiger charge is 2.31. The molecule has 0 aliphatic heterocycles. The van der Waals surface area contributed by atoms with E-state index in [-0.39, 0.29) is 29.3 Å². The van der Waals surface area contributed by atoms with E-state index in [0.717, 1.165) is 24.1 Å². The number of carbonyl (C=O) groups is 1. The summed E-state index contributed by atoms with van der Waals surface area (Å²) in [5.41, 5.74) is 0.638. The first-order chi connectivity index (χ1) is 17.2. The molecule has 0 bridgehead atoms. The average Bonchev–Trinajstić information content (AvgIpc) is 3.50. The van der Waals surface area contributed by atoms with Gasteiger partial charge in [-0.15, -0.1) is 10.2 Å². The molecule has 1 unspecified atom stereocenters. The molecule has 2 aromatic heterocycles. The van der Waals surface area contributed by atoms with Crippen molar-refractivity contribution in [2.75, 3.05) is 0 Å². The van der Waals surface area contributed by atoms with Gasteiger partial charge >= 0.3 is 6.18 Å². The second-order valence-corrected chi connectivity index (χ2v) is 9.09. The smallest absolute Gasteiger partial charge is 0.416 e. The van der Waals surface area contributed by atoms with Gasteiger partial charge in [-0.25, -0.2) is 4.98 Å². The van der Waals surface area contributed by atoms with Crippen LogP contribution in [0.15, 0.2) is 70.4 Å². The highest BCUT2D eigenvalue weighted by molar-refractivity contribution is 7.98. The first-order valence-corrected chi connectivity index (χ1v) is 12.3. The van der Waals surface area contributed by atoms with Crippen molar-refractivity contribution >= 4 is 17.7 Å². The molecule has 4 aromatic rings. The van der Waals surface area contributed by atoms with E-state index in [1.54, 1.807) is 10.6 Å². The van der Waals surface area contributed by atoms with Crippen LogP contribution in [0.25, 0.3) is 5.69 Å². The number of amides is 1. The van der Waals surface area contributed by atoms with Crippen molar-refractivity contribution in [1.82, 2.24) is 25.1 Å². The third-order valence-electron chi connectivity index (χ3n) is 5.44. The lowest BCUT2D eigenvalue weighted by Gasteiger charge is -2.13. The zero-order valence-corrected chi connectivity index (χ0v) is 20.4. The molecule has 0 fully saturated rings. The number of thioether (sulfide) groups is 1. The molecule has 2 heterocycles. The fourth-order valence-corrected chi connectivity index (χ4v) is 4.20. The van der Waals surface area contributed by atoms with Gasteiger partial charge in [-0.2, -0.15) is 13.2 Å². The van der Waals surface area contributed by atoms with E-state index >= 15 is 0 Å². The molecule has 0 aliphatic rings. The topological polar surface area (TPSA) is 85.8 Å². The molecule has 1 atom stereocenters. The van der Waals surface area contributed by atoms with Crippen molar-refractivity contribution in [3.05, 3.63) is 89.4 Å². The summed E-state index contributed by atoms with van der Waals surface area (Å²) in [5.74, 6) is 0.655. The van der Waals surface area contributed by atoms with E-state index in [1.165, 1.54) is 24.1 Å². The molecular weight excluding hydrogens is 491 g/mol. The van der Waals surface area contributed by atoms with Crippen LogP contribution in [0.3, 0.4) is 0 Å². The molecule has 2 aromatic carbocycles. The Labute approximate surface area is 210 Å². The Balaban J connectivity index is 1.60. The van der Waals surface area contributed by atoms with Gasteiger partial charge in [0.1, 0.15) is 12.1 Å². The molecule has 11 heteroatoms. The number of hydrogen-bond acceptors (Lipinski definition) is 6. The first-order valence-electron chi connectivity index (χ1n) is 11.3. The SMILES string of the molecule is CCC(C)NC(=O)c1coc(CSc2nnc(Cc3ccccc3)n2-c2cccc(C(F)(F)F)c2)n1. The number of nitrogens with one attached hydrogen (secondary N) is 1. The van der Waals surface area contributed by atoms with E-state index < -0.39 is 11.7 Å². The number of hydrogen-bond donors (Lipinski definition) is 1. The van der Waals surface area contributed by atoms with Crippen molar-refractivity contribution in [2.24, 2.45) is 0 Å². The first kappa shape index (κ1) is 25.5. The van der Waals surface area contributed by atoms with Gasteiger partial charge in [0.05, 0.1) is 17.0 Å². The highest BCUT2D eigenvalue weighted by atomic mass is 32.2. The number of alkyl halides is 3. The van der Waals surface area contributed by atoms with E-state index in [1.807, 2.05) is 44.2 Å². The van der Waals surface area contributed by atoms with Crippen molar-refractivity contribution in [1.29, 1.82) is 0 Å². The molecule has 188 valence electrons. The van der Waals surface area contributed by atoms with Crippen molar-refractivity contribution in [2.45, 2.75) is 49.8 Å². The normalized spacial score (nSPS) is 12.5. The number of aromatic nitrogens is 4. The van der Waals surface area contributed by atoms with Crippen molar-refractivity contribution < 1.29 is 22.4 Å². The van der Waals surface area contributed by atoms with E-state index in [0.29, 0.717) is 23.1 Å². The van der Waals surface area contributed by atoms with Crippen LogP contribution in [0.5, 0.6) is 0 Å². The molecular formula is C25H24F3N5O2S. The predicted molar refractivity (Wildman–Crippen MR) is 129 cm³/mol. The summed E-state index contributed by atoms with van der Waals surface area (Å²) in [6.07, 6.45) is -2.04. The summed E-state index contributed by atoms with van der Waals surface area (Å²) in [7, 11) is 0. The summed E-state index contributed by atoms with van der Waals surface area (Å²) in [4.78, 5) is 16.5. The molecule has 0 spiro atoms. The second kappa shape index (κ2) is 11.0. The maximum absolute atomic E-state index is 13.4. The van der Waals surface area contributed by atoms with Crippen LogP contribution in [0, 0.1) is 0 Å². The lowest BCUT2D eigenvalue weighted by Crippen LogP contribution is -2.32. The summed E-state index contributed by atoms with van der Waals surface area (Å²) >= 11 is 1.20. The lowest BCUT2D eigenvalue weighted by molar-refractivity contribution is -0.137. The van der Waals surface area contributed by atoms with Crippen LogP contribution < -0.4 is 5.32 Å².